The zero-order valence-corrected chi connectivity index (χ0v) is 18.0. The number of unbranched alkanes of at least 4 members (excludes halogenated alkanes) is 12. The number of hydrogen-bond acceptors (Lipinski definition) is 3. The molecule has 0 fully saturated rings. The third kappa shape index (κ3) is 16.8. The third-order valence-corrected chi connectivity index (χ3v) is 4.98. The van der Waals surface area contributed by atoms with E-state index in [0.717, 1.165) is 12.8 Å². The van der Waals surface area contributed by atoms with Crippen LogP contribution in [0.3, 0.4) is 0 Å². The summed E-state index contributed by atoms with van der Waals surface area (Å²) in [6.07, 6.45) is 18.7. The van der Waals surface area contributed by atoms with E-state index < -0.39 is 0 Å². The molecule has 0 radical (unpaired) electrons. The smallest absolute Gasteiger partial charge is 0.217 e. The summed E-state index contributed by atoms with van der Waals surface area (Å²) < 4.78 is 10.7. The van der Waals surface area contributed by atoms with Crippen molar-refractivity contribution < 1.29 is 14.3 Å². The van der Waals surface area contributed by atoms with E-state index in [1.165, 1.54) is 77.0 Å². The van der Waals surface area contributed by atoms with Gasteiger partial charge in [0.2, 0.25) is 5.91 Å². The van der Waals surface area contributed by atoms with Crippen LogP contribution in [0.4, 0.5) is 0 Å². The summed E-state index contributed by atoms with van der Waals surface area (Å²) in [5.41, 5.74) is 0. The summed E-state index contributed by atoms with van der Waals surface area (Å²) in [6.45, 7) is 6.11. The fraction of sp³-hybridized carbons (Fsp3) is 0.955. The molecule has 0 aromatic heterocycles. The highest BCUT2D eigenvalue weighted by Gasteiger charge is 2.18. The van der Waals surface area contributed by atoms with Crippen LogP contribution in [0.25, 0.3) is 0 Å². The van der Waals surface area contributed by atoms with Gasteiger partial charge in [-0.2, -0.15) is 0 Å². The van der Waals surface area contributed by atoms with Gasteiger partial charge in [-0.25, -0.2) is 0 Å². The number of ether oxygens (including phenoxy) is 2. The molecule has 0 aromatic rings. The molecule has 0 rings (SSSR count). The summed E-state index contributed by atoms with van der Waals surface area (Å²) in [5.74, 6) is -0.00567. The molecule has 2 atom stereocenters. The normalized spacial score (nSPS) is 13.5. The number of nitrogens with one attached hydrogen (secondary N) is 1. The molecule has 0 aliphatic rings. The molecule has 0 spiro atoms. The maximum absolute atomic E-state index is 11.2. The van der Waals surface area contributed by atoms with Crippen LogP contribution in [0.2, 0.25) is 0 Å². The zero-order chi connectivity index (χ0) is 19.5. The van der Waals surface area contributed by atoms with Gasteiger partial charge in [-0.1, -0.05) is 90.4 Å². The Kier molecular flexibility index (Phi) is 18.7. The fourth-order valence-corrected chi connectivity index (χ4v) is 3.41. The summed E-state index contributed by atoms with van der Waals surface area (Å²) in [5, 5.41) is 2.93. The van der Waals surface area contributed by atoms with Crippen molar-refractivity contribution in [1.82, 2.24) is 5.32 Å². The first kappa shape index (κ1) is 25.4. The molecule has 4 heteroatoms. The van der Waals surface area contributed by atoms with E-state index in [0.29, 0.717) is 0 Å². The first-order valence-electron chi connectivity index (χ1n) is 11.0. The number of amides is 1. The van der Waals surface area contributed by atoms with Crippen LogP contribution in [-0.2, 0) is 14.3 Å². The first-order valence-corrected chi connectivity index (χ1v) is 11.0. The molecule has 0 aliphatic heterocycles. The quantitative estimate of drug-likeness (QED) is 0.224. The Morgan fingerprint density at radius 1 is 0.846 bits per heavy atom. The molecule has 0 bridgehead atoms. The molecule has 0 aromatic carbocycles. The molecule has 0 heterocycles. The molecular weight excluding hydrogens is 326 g/mol. The topological polar surface area (TPSA) is 47.6 Å². The monoisotopic (exact) mass is 371 g/mol. The van der Waals surface area contributed by atoms with E-state index in [9.17, 15) is 4.79 Å². The van der Waals surface area contributed by atoms with Gasteiger partial charge >= 0.3 is 0 Å². The highest BCUT2D eigenvalue weighted by molar-refractivity contribution is 5.73. The molecule has 1 amide bonds. The Labute approximate surface area is 162 Å². The van der Waals surface area contributed by atoms with Crippen LogP contribution in [0.5, 0.6) is 0 Å². The summed E-state index contributed by atoms with van der Waals surface area (Å²) in [6, 6.07) is 0.0278. The van der Waals surface area contributed by atoms with E-state index in [2.05, 4.69) is 12.2 Å². The van der Waals surface area contributed by atoms with Crippen molar-refractivity contribution in [3.63, 3.8) is 0 Å². The van der Waals surface area contributed by atoms with Crippen LogP contribution in [0.1, 0.15) is 111 Å². The van der Waals surface area contributed by atoms with E-state index in [4.69, 9.17) is 9.47 Å². The minimum Gasteiger partial charge on any atom is -0.359 e. The second kappa shape index (κ2) is 19.2. The number of hydrogen-bond donors (Lipinski definition) is 1. The molecule has 0 saturated carbocycles. The average Bonchev–Trinajstić information content (AvgIpc) is 2.60. The Morgan fingerprint density at radius 3 is 1.73 bits per heavy atom. The van der Waals surface area contributed by atoms with Gasteiger partial charge in [0, 0.05) is 14.0 Å². The minimum atomic E-state index is -0.00567. The molecular formula is C22H45NO3. The van der Waals surface area contributed by atoms with Crippen LogP contribution in [0, 0.1) is 0 Å². The molecule has 0 aliphatic carbocycles. The van der Waals surface area contributed by atoms with Crippen molar-refractivity contribution in [1.29, 1.82) is 0 Å². The average molecular weight is 372 g/mol. The van der Waals surface area contributed by atoms with Gasteiger partial charge in [0.15, 0.2) is 0 Å². The van der Waals surface area contributed by atoms with Gasteiger partial charge in [-0.15, -0.1) is 0 Å². The number of carbonyl (C=O) groups excluding carboxylic acids is 1. The van der Waals surface area contributed by atoms with E-state index in [1.807, 2.05) is 6.92 Å². The van der Waals surface area contributed by atoms with Gasteiger partial charge in [0.25, 0.3) is 0 Å². The van der Waals surface area contributed by atoms with Crippen molar-refractivity contribution in [3.8, 4) is 0 Å². The highest BCUT2D eigenvalue weighted by atomic mass is 16.7. The predicted octanol–water partition coefficient (Wildman–Crippen LogP) is 5.98. The lowest BCUT2D eigenvalue weighted by Crippen LogP contribution is -2.41. The molecule has 26 heavy (non-hydrogen) atoms. The lowest BCUT2D eigenvalue weighted by atomic mass is 10.0. The Balaban J connectivity index is 3.55. The maximum atomic E-state index is 11.2. The largest absolute Gasteiger partial charge is 0.359 e. The van der Waals surface area contributed by atoms with Crippen molar-refractivity contribution in [2.45, 2.75) is 123 Å². The van der Waals surface area contributed by atoms with Gasteiger partial charge in [0.05, 0.1) is 12.1 Å². The second-order valence-corrected chi connectivity index (χ2v) is 7.63. The maximum Gasteiger partial charge on any atom is 0.217 e. The first-order chi connectivity index (χ1) is 12.6. The highest BCUT2D eigenvalue weighted by Crippen LogP contribution is 2.15. The second-order valence-electron chi connectivity index (χ2n) is 7.63. The lowest BCUT2D eigenvalue weighted by Gasteiger charge is -2.24. The van der Waals surface area contributed by atoms with Crippen LogP contribution in [-0.4, -0.2) is 32.0 Å². The van der Waals surface area contributed by atoms with Gasteiger partial charge in [-0.3, -0.25) is 4.79 Å². The Hall–Kier alpha value is -0.610. The van der Waals surface area contributed by atoms with E-state index in [-0.39, 0.29) is 24.8 Å². The van der Waals surface area contributed by atoms with E-state index in [1.54, 1.807) is 14.0 Å². The number of methoxy groups -OCH3 is 1. The van der Waals surface area contributed by atoms with Gasteiger partial charge in [-0.05, 0) is 13.3 Å². The molecule has 0 unspecified atom stereocenters. The fourth-order valence-electron chi connectivity index (χ4n) is 3.41. The zero-order valence-electron chi connectivity index (χ0n) is 18.0. The number of carbonyl (C=O) groups is 1. The molecule has 4 nitrogen and oxygen atoms in total. The van der Waals surface area contributed by atoms with Crippen molar-refractivity contribution in [2.24, 2.45) is 0 Å². The van der Waals surface area contributed by atoms with Crippen molar-refractivity contribution in [2.75, 3.05) is 13.9 Å². The van der Waals surface area contributed by atoms with Crippen LogP contribution in [0.15, 0.2) is 0 Å². The Bertz CT molecular complexity index is 310. The van der Waals surface area contributed by atoms with Crippen LogP contribution >= 0.6 is 0 Å². The minimum absolute atomic E-state index is 0.00567. The summed E-state index contributed by atoms with van der Waals surface area (Å²) in [4.78, 5) is 11.2. The molecule has 156 valence electrons. The molecule has 0 saturated heterocycles. The van der Waals surface area contributed by atoms with Crippen molar-refractivity contribution >= 4 is 5.91 Å². The Morgan fingerprint density at radius 2 is 1.31 bits per heavy atom. The van der Waals surface area contributed by atoms with Crippen LogP contribution < -0.4 is 5.32 Å². The van der Waals surface area contributed by atoms with Crippen molar-refractivity contribution in [3.05, 3.63) is 0 Å². The third-order valence-electron chi connectivity index (χ3n) is 4.98. The summed E-state index contributed by atoms with van der Waals surface area (Å²) >= 11 is 0. The SMILES string of the molecule is CCCCCCCCCCCCCCC[C@@H](OCOC)[C@H](C)NC(C)=O. The van der Waals surface area contributed by atoms with E-state index >= 15 is 0 Å². The standard InChI is InChI=1S/C22H45NO3/c1-5-6-7-8-9-10-11-12-13-14-15-16-17-18-22(26-19-25-4)20(2)23-21(3)24/h20,22H,5-19H2,1-4H3,(H,23,24)/t20-,22+/m0/s1. The van der Waals surface area contributed by atoms with Gasteiger partial charge in [0.1, 0.15) is 6.79 Å². The number of rotatable bonds is 19. The predicted molar refractivity (Wildman–Crippen MR) is 110 cm³/mol. The molecule has 1 N–H and O–H groups in total. The van der Waals surface area contributed by atoms with Gasteiger partial charge < -0.3 is 14.8 Å². The lowest BCUT2D eigenvalue weighted by molar-refractivity contribution is -0.123. The summed E-state index contributed by atoms with van der Waals surface area (Å²) in [7, 11) is 1.63.